The van der Waals surface area contributed by atoms with Crippen molar-refractivity contribution in [2.45, 2.75) is 17.4 Å². The van der Waals surface area contributed by atoms with E-state index >= 15 is 0 Å². The van der Waals surface area contributed by atoms with Crippen LogP contribution in [0, 0.1) is 0 Å². The van der Waals surface area contributed by atoms with E-state index in [1.54, 1.807) is 44.6 Å². The lowest BCUT2D eigenvalue weighted by molar-refractivity contribution is 0.370. The number of ether oxygens (including phenoxy) is 2. The topological polar surface area (TPSA) is 68.2 Å². The largest absolute Gasteiger partial charge is 0.497 e. The van der Waals surface area contributed by atoms with Gasteiger partial charge in [-0.3, -0.25) is 0 Å². The maximum Gasteiger partial charge on any atom is 0.279 e. The van der Waals surface area contributed by atoms with Crippen LogP contribution < -0.4 is 9.47 Å². The third kappa shape index (κ3) is 3.76. The van der Waals surface area contributed by atoms with Gasteiger partial charge in [-0.15, -0.1) is 0 Å². The molecule has 0 saturated heterocycles. The minimum atomic E-state index is -3.82. The van der Waals surface area contributed by atoms with E-state index in [-0.39, 0.29) is 4.90 Å². The molecule has 0 aliphatic carbocycles. The van der Waals surface area contributed by atoms with Gasteiger partial charge in [0, 0.05) is 6.42 Å². The van der Waals surface area contributed by atoms with Crippen molar-refractivity contribution in [3.05, 3.63) is 90.0 Å². The fraction of sp³-hybridized carbons (Fsp3) is 0.174. The van der Waals surface area contributed by atoms with Crippen LogP contribution in [0.5, 0.6) is 11.5 Å². The highest BCUT2D eigenvalue weighted by molar-refractivity contribution is 7.89. The minimum absolute atomic E-state index is 0.211. The average molecular weight is 423 g/mol. The van der Waals surface area contributed by atoms with E-state index < -0.39 is 16.1 Å². The molecule has 0 fully saturated rings. The quantitative estimate of drug-likeness (QED) is 0.596. The standard InChI is InChI=1S/C23H22N2O4S/c1-28-19-12-8-17(9-13-19)22-16-23(18-10-14-20(29-2)15-11-18)25(24-22)30(26,27)21-6-4-3-5-7-21/h3-15,23H,16H2,1-2H3/t23-/m1/s1. The molecule has 3 aromatic rings. The van der Waals surface area contributed by atoms with Gasteiger partial charge in [-0.05, 0) is 59.7 Å². The molecule has 0 saturated carbocycles. The normalized spacial score (nSPS) is 16.3. The number of methoxy groups -OCH3 is 2. The van der Waals surface area contributed by atoms with Gasteiger partial charge >= 0.3 is 0 Å². The smallest absolute Gasteiger partial charge is 0.279 e. The first-order valence-corrected chi connectivity index (χ1v) is 10.9. The summed E-state index contributed by atoms with van der Waals surface area (Å²) in [7, 11) is -0.610. The van der Waals surface area contributed by atoms with Crippen LogP contribution in [0.25, 0.3) is 0 Å². The Bertz CT molecular complexity index is 1140. The highest BCUT2D eigenvalue weighted by Gasteiger charge is 2.37. The summed E-state index contributed by atoms with van der Waals surface area (Å²) in [4.78, 5) is 0.211. The van der Waals surface area contributed by atoms with Crippen LogP contribution in [0.3, 0.4) is 0 Å². The lowest BCUT2D eigenvalue weighted by Crippen LogP contribution is -2.27. The summed E-state index contributed by atoms with van der Waals surface area (Å²) in [6.45, 7) is 0. The van der Waals surface area contributed by atoms with Crippen molar-refractivity contribution in [3.8, 4) is 11.5 Å². The minimum Gasteiger partial charge on any atom is -0.497 e. The summed E-state index contributed by atoms with van der Waals surface area (Å²) < 4.78 is 38.5. The van der Waals surface area contributed by atoms with Crippen LogP contribution in [0.4, 0.5) is 0 Å². The Morgan fingerprint density at radius 3 is 1.97 bits per heavy atom. The van der Waals surface area contributed by atoms with Crippen molar-refractivity contribution in [3.63, 3.8) is 0 Å². The van der Waals surface area contributed by atoms with Crippen molar-refractivity contribution >= 4 is 15.7 Å². The first-order valence-electron chi connectivity index (χ1n) is 9.48. The first kappa shape index (κ1) is 20.0. The lowest BCUT2D eigenvalue weighted by Gasteiger charge is -2.23. The molecule has 30 heavy (non-hydrogen) atoms. The number of rotatable bonds is 6. The van der Waals surface area contributed by atoms with Gasteiger partial charge in [-0.2, -0.15) is 17.9 Å². The van der Waals surface area contributed by atoms with E-state index in [1.807, 2.05) is 48.5 Å². The third-order valence-electron chi connectivity index (χ3n) is 5.08. The molecule has 0 bridgehead atoms. The summed E-state index contributed by atoms with van der Waals surface area (Å²) in [6.07, 6.45) is 0.463. The summed E-state index contributed by atoms with van der Waals surface area (Å²) in [5.41, 5.74) is 2.42. The number of nitrogens with zero attached hydrogens (tertiary/aromatic N) is 2. The number of hydrazone groups is 1. The Morgan fingerprint density at radius 1 is 0.833 bits per heavy atom. The molecule has 6 nitrogen and oxygen atoms in total. The molecule has 1 aliphatic heterocycles. The van der Waals surface area contributed by atoms with Gasteiger partial charge < -0.3 is 9.47 Å². The number of sulfonamides is 1. The predicted octanol–water partition coefficient (Wildman–Crippen LogP) is 4.24. The Labute approximate surface area is 176 Å². The zero-order valence-electron chi connectivity index (χ0n) is 16.7. The zero-order chi connectivity index (χ0) is 21.1. The average Bonchev–Trinajstić information content (AvgIpc) is 3.26. The third-order valence-corrected chi connectivity index (χ3v) is 6.78. The second kappa shape index (κ2) is 8.20. The highest BCUT2D eigenvalue weighted by atomic mass is 32.2. The Hall–Kier alpha value is -3.32. The van der Waals surface area contributed by atoms with Crippen LogP contribution in [0.2, 0.25) is 0 Å². The lowest BCUT2D eigenvalue weighted by atomic mass is 9.99. The molecule has 0 unspecified atom stereocenters. The monoisotopic (exact) mass is 422 g/mol. The number of hydrogen-bond donors (Lipinski definition) is 0. The van der Waals surface area contributed by atoms with E-state index in [1.165, 1.54) is 4.41 Å². The molecule has 1 aliphatic rings. The Kier molecular flexibility index (Phi) is 5.46. The van der Waals surface area contributed by atoms with Crippen molar-refractivity contribution in [1.82, 2.24) is 4.41 Å². The van der Waals surface area contributed by atoms with E-state index in [0.717, 1.165) is 16.9 Å². The summed E-state index contributed by atoms with van der Waals surface area (Å²) in [5.74, 6) is 1.45. The second-order valence-corrected chi connectivity index (χ2v) is 8.65. The molecule has 4 rings (SSSR count). The van der Waals surface area contributed by atoms with Gasteiger partial charge in [-0.25, -0.2) is 0 Å². The van der Waals surface area contributed by atoms with Crippen molar-refractivity contribution < 1.29 is 17.9 Å². The molecular formula is C23H22N2O4S. The van der Waals surface area contributed by atoms with Crippen molar-refractivity contribution in [2.75, 3.05) is 14.2 Å². The molecule has 154 valence electrons. The van der Waals surface area contributed by atoms with Gasteiger partial charge in [-0.1, -0.05) is 30.3 Å². The molecule has 0 N–H and O–H groups in total. The van der Waals surface area contributed by atoms with E-state index in [0.29, 0.717) is 17.9 Å². The van der Waals surface area contributed by atoms with E-state index in [4.69, 9.17) is 9.47 Å². The van der Waals surface area contributed by atoms with Crippen molar-refractivity contribution in [1.29, 1.82) is 0 Å². The van der Waals surface area contributed by atoms with Crippen LogP contribution in [-0.2, 0) is 10.0 Å². The van der Waals surface area contributed by atoms with Gasteiger partial charge in [0.15, 0.2) is 0 Å². The molecule has 3 aromatic carbocycles. The van der Waals surface area contributed by atoms with Crippen LogP contribution in [0.1, 0.15) is 23.6 Å². The molecule has 0 radical (unpaired) electrons. The van der Waals surface area contributed by atoms with Crippen LogP contribution in [-0.4, -0.2) is 32.8 Å². The zero-order valence-corrected chi connectivity index (χ0v) is 17.5. The SMILES string of the molecule is COc1ccc(C2=NN(S(=O)(=O)c3ccccc3)[C@@H](c3ccc(OC)cc3)C2)cc1. The van der Waals surface area contributed by atoms with E-state index in [2.05, 4.69) is 5.10 Å². The molecule has 0 spiro atoms. The summed E-state index contributed by atoms with van der Waals surface area (Å²) in [6, 6.07) is 22.8. The molecular weight excluding hydrogens is 400 g/mol. The first-order chi connectivity index (χ1) is 14.5. The number of benzene rings is 3. The fourth-order valence-corrected chi connectivity index (χ4v) is 4.90. The maximum absolute atomic E-state index is 13.4. The molecule has 7 heteroatoms. The molecule has 0 amide bonds. The van der Waals surface area contributed by atoms with Gasteiger partial charge in [0.1, 0.15) is 11.5 Å². The highest BCUT2D eigenvalue weighted by Crippen LogP contribution is 2.37. The van der Waals surface area contributed by atoms with Crippen LogP contribution >= 0.6 is 0 Å². The van der Waals surface area contributed by atoms with Crippen LogP contribution in [0.15, 0.2) is 88.9 Å². The second-order valence-electron chi connectivity index (χ2n) is 6.86. The Morgan fingerprint density at radius 2 is 1.40 bits per heavy atom. The van der Waals surface area contributed by atoms with Gasteiger partial charge in [0.05, 0.1) is 30.9 Å². The molecule has 1 heterocycles. The Balaban J connectivity index is 1.76. The fourth-order valence-electron chi connectivity index (χ4n) is 3.44. The molecule has 1 atom stereocenters. The van der Waals surface area contributed by atoms with E-state index in [9.17, 15) is 8.42 Å². The summed E-state index contributed by atoms with van der Waals surface area (Å²) in [5, 5.41) is 4.55. The number of hydrogen-bond acceptors (Lipinski definition) is 5. The maximum atomic E-state index is 13.4. The van der Waals surface area contributed by atoms with Crippen molar-refractivity contribution in [2.24, 2.45) is 5.10 Å². The van der Waals surface area contributed by atoms with Gasteiger partial charge in [0.25, 0.3) is 10.0 Å². The van der Waals surface area contributed by atoms with Gasteiger partial charge in [0.2, 0.25) is 0 Å². The summed E-state index contributed by atoms with van der Waals surface area (Å²) >= 11 is 0. The predicted molar refractivity (Wildman–Crippen MR) is 115 cm³/mol. The molecule has 0 aromatic heterocycles.